The normalized spacial score (nSPS) is 10.4. The zero-order valence-corrected chi connectivity index (χ0v) is 9.96. The summed E-state index contributed by atoms with van der Waals surface area (Å²) < 4.78 is 0.489. The molecule has 0 bridgehead atoms. The molecule has 1 heterocycles. The van der Waals surface area contributed by atoms with Crippen LogP contribution in [0.5, 0.6) is 11.5 Å². The Hall–Kier alpha value is -1.73. The van der Waals surface area contributed by atoms with Crippen molar-refractivity contribution in [3.05, 3.63) is 29.3 Å². The highest BCUT2D eigenvalue weighted by Crippen LogP contribution is 2.37. The summed E-state index contributed by atoms with van der Waals surface area (Å²) in [5, 5.41) is 28.9. The second kappa shape index (κ2) is 4.64. The molecule has 0 aliphatic heterocycles. The van der Waals surface area contributed by atoms with E-state index in [1.54, 1.807) is 0 Å². The SMILES string of the molecule is O=C(O)c1csc(Sc2cc(O)ccc2O)n1. The number of thiazole rings is 1. The predicted octanol–water partition coefficient (Wildman–Crippen LogP) is 2.40. The molecule has 0 spiro atoms. The summed E-state index contributed by atoms with van der Waals surface area (Å²) in [6.07, 6.45) is 0. The number of nitrogens with zero attached hydrogens (tertiary/aromatic N) is 1. The number of hydrogen-bond donors (Lipinski definition) is 3. The van der Waals surface area contributed by atoms with Gasteiger partial charge in [-0.15, -0.1) is 11.3 Å². The van der Waals surface area contributed by atoms with Gasteiger partial charge in [0.1, 0.15) is 11.5 Å². The molecule has 0 saturated heterocycles. The molecule has 1 aromatic heterocycles. The number of aromatic nitrogens is 1. The van der Waals surface area contributed by atoms with Crippen molar-refractivity contribution >= 4 is 29.1 Å². The number of rotatable bonds is 3. The van der Waals surface area contributed by atoms with E-state index in [1.807, 2.05) is 0 Å². The molecule has 1 aromatic carbocycles. The fraction of sp³-hybridized carbons (Fsp3) is 0. The second-order valence-corrected chi connectivity index (χ2v) is 5.21. The first-order valence-corrected chi connectivity index (χ1v) is 6.14. The van der Waals surface area contributed by atoms with E-state index in [0.717, 1.165) is 11.8 Å². The van der Waals surface area contributed by atoms with Gasteiger partial charge in [0.25, 0.3) is 0 Å². The Balaban J connectivity index is 2.25. The summed E-state index contributed by atoms with van der Waals surface area (Å²) in [6, 6.07) is 4.12. The molecule has 0 unspecified atom stereocenters. The van der Waals surface area contributed by atoms with Gasteiger partial charge in [0.2, 0.25) is 0 Å². The standard InChI is InChI=1S/C10H7NO4S2/c12-5-1-2-7(13)8(3-5)17-10-11-6(4-16-10)9(14)15/h1-4,12-13H,(H,14,15). The predicted molar refractivity (Wildman–Crippen MR) is 63.0 cm³/mol. The molecule has 3 N–H and O–H groups in total. The van der Waals surface area contributed by atoms with Crippen molar-refractivity contribution in [1.29, 1.82) is 0 Å². The van der Waals surface area contributed by atoms with Gasteiger partial charge in [-0.3, -0.25) is 0 Å². The van der Waals surface area contributed by atoms with E-state index < -0.39 is 5.97 Å². The van der Waals surface area contributed by atoms with Crippen molar-refractivity contribution in [3.8, 4) is 11.5 Å². The largest absolute Gasteiger partial charge is 0.508 e. The minimum atomic E-state index is -1.09. The molecule has 0 atom stereocenters. The summed E-state index contributed by atoms with van der Waals surface area (Å²) >= 11 is 2.27. The molecular weight excluding hydrogens is 262 g/mol. The highest BCUT2D eigenvalue weighted by Gasteiger charge is 2.11. The van der Waals surface area contributed by atoms with Gasteiger partial charge in [0, 0.05) is 5.38 Å². The molecule has 0 saturated carbocycles. The van der Waals surface area contributed by atoms with Crippen LogP contribution >= 0.6 is 23.1 Å². The Kier molecular flexibility index (Phi) is 3.21. The third-order valence-electron chi connectivity index (χ3n) is 1.84. The maximum Gasteiger partial charge on any atom is 0.355 e. The van der Waals surface area contributed by atoms with Crippen LogP contribution in [-0.4, -0.2) is 26.3 Å². The minimum Gasteiger partial charge on any atom is -0.508 e. The first-order valence-electron chi connectivity index (χ1n) is 4.45. The van der Waals surface area contributed by atoms with Crippen molar-refractivity contribution in [1.82, 2.24) is 4.98 Å². The van der Waals surface area contributed by atoms with Gasteiger partial charge in [-0.2, -0.15) is 0 Å². The number of benzene rings is 1. The van der Waals surface area contributed by atoms with Crippen LogP contribution in [0.4, 0.5) is 0 Å². The lowest BCUT2D eigenvalue weighted by molar-refractivity contribution is 0.0691. The van der Waals surface area contributed by atoms with Crippen LogP contribution in [-0.2, 0) is 0 Å². The smallest absolute Gasteiger partial charge is 0.355 e. The average Bonchev–Trinajstić information content (AvgIpc) is 2.72. The van der Waals surface area contributed by atoms with Gasteiger partial charge in [0.15, 0.2) is 10.0 Å². The lowest BCUT2D eigenvalue weighted by atomic mass is 10.3. The second-order valence-electron chi connectivity index (χ2n) is 3.06. The number of carboxylic acid groups (broad SMARTS) is 1. The lowest BCUT2D eigenvalue weighted by Crippen LogP contribution is -1.95. The molecule has 0 radical (unpaired) electrons. The Labute approximate surface area is 104 Å². The Morgan fingerprint density at radius 3 is 2.76 bits per heavy atom. The zero-order valence-electron chi connectivity index (χ0n) is 8.32. The fourth-order valence-electron chi connectivity index (χ4n) is 1.08. The van der Waals surface area contributed by atoms with Crippen LogP contribution in [0.2, 0.25) is 0 Å². The quantitative estimate of drug-likeness (QED) is 0.741. The Morgan fingerprint density at radius 2 is 2.12 bits per heavy atom. The van der Waals surface area contributed by atoms with Gasteiger partial charge >= 0.3 is 5.97 Å². The van der Waals surface area contributed by atoms with Crippen molar-refractivity contribution in [3.63, 3.8) is 0 Å². The number of aromatic hydroxyl groups is 2. The van der Waals surface area contributed by atoms with E-state index in [0.29, 0.717) is 9.24 Å². The van der Waals surface area contributed by atoms with Gasteiger partial charge in [-0.1, -0.05) is 11.8 Å². The van der Waals surface area contributed by atoms with Crippen LogP contribution in [0.1, 0.15) is 10.5 Å². The molecular formula is C10H7NO4S2. The molecule has 2 rings (SSSR count). The van der Waals surface area contributed by atoms with Crippen LogP contribution < -0.4 is 0 Å². The van der Waals surface area contributed by atoms with E-state index >= 15 is 0 Å². The van der Waals surface area contributed by atoms with Crippen molar-refractivity contribution in [2.45, 2.75) is 9.24 Å². The van der Waals surface area contributed by atoms with Gasteiger partial charge in [0.05, 0.1) is 4.90 Å². The molecule has 2 aromatic rings. The highest BCUT2D eigenvalue weighted by molar-refractivity contribution is 8.01. The van der Waals surface area contributed by atoms with Crippen LogP contribution in [0.25, 0.3) is 0 Å². The van der Waals surface area contributed by atoms with Gasteiger partial charge in [-0.25, -0.2) is 9.78 Å². The zero-order chi connectivity index (χ0) is 12.4. The molecule has 7 heteroatoms. The summed E-state index contributed by atoms with van der Waals surface area (Å²) in [6.45, 7) is 0. The first kappa shape index (κ1) is 11.7. The highest BCUT2D eigenvalue weighted by atomic mass is 32.2. The Morgan fingerprint density at radius 1 is 1.35 bits per heavy atom. The molecule has 17 heavy (non-hydrogen) atoms. The van der Waals surface area contributed by atoms with Crippen LogP contribution in [0.15, 0.2) is 32.8 Å². The van der Waals surface area contributed by atoms with Gasteiger partial charge < -0.3 is 15.3 Å². The topological polar surface area (TPSA) is 90.7 Å². The third-order valence-corrected chi connectivity index (χ3v) is 3.83. The van der Waals surface area contributed by atoms with Gasteiger partial charge in [-0.05, 0) is 18.2 Å². The number of hydrogen-bond acceptors (Lipinski definition) is 6. The maximum absolute atomic E-state index is 10.6. The van der Waals surface area contributed by atoms with E-state index in [-0.39, 0.29) is 17.2 Å². The number of phenolic OH excluding ortho intramolecular Hbond substituents is 2. The number of aromatic carboxylic acids is 1. The number of phenols is 2. The Bertz CT molecular complexity index is 567. The molecule has 0 aliphatic carbocycles. The van der Waals surface area contributed by atoms with Crippen molar-refractivity contribution < 1.29 is 20.1 Å². The molecule has 5 nitrogen and oxygen atoms in total. The average molecular weight is 269 g/mol. The minimum absolute atomic E-state index is 0.0138. The van der Waals surface area contributed by atoms with Crippen LogP contribution in [0.3, 0.4) is 0 Å². The number of carbonyl (C=O) groups is 1. The maximum atomic E-state index is 10.6. The van der Waals surface area contributed by atoms with E-state index in [1.165, 1.54) is 34.9 Å². The molecule has 0 amide bonds. The third kappa shape index (κ3) is 2.69. The number of carboxylic acids is 1. The summed E-state index contributed by atoms with van der Waals surface area (Å²) in [5.41, 5.74) is -0.0304. The monoisotopic (exact) mass is 269 g/mol. The molecule has 0 aliphatic rings. The van der Waals surface area contributed by atoms with E-state index in [2.05, 4.69) is 4.98 Å². The van der Waals surface area contributed by atoms with Crippen LogP contribution in [0, 0.1) is 0 Å². The summed E-state index contributed by atoms with van der Waals surface area (Å²) in [4.78, 5) is 14.9. The van der Waals surface area contributed by atoms with Crippen molar-refractivity contribution in [2.24, 2.45) is 0 Å². The molecule has 0 fully saturated rings. The summed E-state index contributed by atoms with van der Waals surface area (Å²) in [5.74, 6) is -1.05. The molecule has 88 valence electrons. The van der Waals surface area contributed by atoms with Crippen molar-refractivity contribution in [2.75, 3.05) is 0 Å². The van der Waals surface area contributed by atoms with E-state index in [4.69, 9.17) is 5.11 Å². The summed E-state index contributed by atoms with van der Waals surface area (Å²) in [7, 11) is 0. The van der Waals surface area contributed by atoms with E-state index in [9.17, 15) is 15.0 Å². The lowest BCUT2D eigenvalue weighted by Gasteiger charge is -2.01. The first-order chi connectivity index (χ1) is 8.06. The fourth-order valence-corrected chi connectivity index (χ4v) is 2.89.